The first-order chi connectivity index (χ1) is 23.5. The van der Waals surface area contributed by atoms with Crippen LogP contribution in [-0.2, 0) is 38.5 Å². The topological polar surface area (TPSA) is 72.9 Å². The van der Waals surface area contributed by atoms with Gasteiger partial charge in [0.25, 0.3) is 0 Å². The number of hydrogen-bond acceptors (Lipinski definition) is 5. The molecule has 1 amide bonds. The van der Waals surface area contributed by atoms with Gasteiger partial charge in [-0.25, -0.2) is 0 Å². The molecule has 0 N–H and O–H groups in total. The number of amides is 1. The summed E-state index contributed by atoms with van der Waals surface area (Å²) in [5.74, 6) is 0.300. The molecule has 0 aliphatic carbocycles. The van der Waals surface area contributed by atoms with E-state index < -0.39 is 5.92 Å². The molecule has 6 nitrogen and oxygen atoms in total. The SMILES string of the molecule is CCOC(C)CN(Cc1cccc2ccccc12)C(=O)[C@@H](CC(=O)CCCC(=O)CCc1ccccc1)Cc1ccc(OC(C)(C)C)cc1. The fourth-order valence-electron chi connectivity index (χ4n) is 6.27. The zero-order valence-electron chi connectivity index (χ0n) is 30.0. The van der Waals surface area contributed by atoms with E-state index in [1.165, 1.54) is 0 Å². The van der Waals surface area contributed by atoms with E-state index in [4.69, 9.17) is 9.47 Å². The number of nitrogens with zero attached hydrogens (tertiary/aromatic N) is 1. The number of carbonyl (C=O) groups excluding carboxylic acids is 3. The zero-order valence-corrected chi connectivity index (χ0v) is 30.0. The van der Waals surface area contributed by atoms with Gasteiger partial charge in [-0.05, 0) is 93.5 Å². The van der Waals surface area contributed by atoms with Crippen molar-refractivity contribution in [2.75, 3.05) is 13.2 Å². The largest absolute Gasteiger partial charge is 0.488 e. The molecular formula is C43H53NO5. The second kappa shape index (κ2) is 18.5. The number of benzene rings is 4. The Bertz CT molecular complexity index is 1640. The van der Waals surface area contributed by atoms with Crippen LogP contribution < -0.4 is 4.74 Å². The van der Waals surface area contributed by atoms with Crippen LogP contribution in [0, 0.1) is 5.92 Å². The maximum Gasteiger partial charge on any atom is 0.226 e. The number of Topliss-reactive ketones (excluding diaryl/α,β-unsaturated/α-hetero) is 2. The Morgan fingerprint density at radius 2 is 1.43 bits per heavy atom. The number of hydrogen-bond donors (Lipinski definition) is 0. The van der Waals surface area contributed by atoms with Crippen LogP contribution in [0.3, 0.4) is 0 Å². The number of ether oxygens (including phenoxy) is 2. The zero-order chi connectivity index (χ0) is 35.2. The van der Waals surface area contributed by atoms with Gasteiger partial charge < -0.3 is 14.4 Å². The molecule has 0 aliphatic heterocycles. The minimum atomic E-state index is -0.556. The summed E-state index contributed by atoms with van der Waals surface area (Å²) in [6.45, 7) is 11.3. The van der Waals surface area contributed by atoms with Crippen molar-refractivity contribution in [2.45, 2.75) is 97.8 Å². The predicted octanol–water partition coefficient (Wildman–Crippen LogP) is 8.96. The smallest absolute Gasteiger partial charge is 0.226 e. The van der Waals surface area contributed by atoms with Crippen LogP contribution in [0.5, 0.6) is 5.75 Å². The molecule has 0 bridgehead atoms. The van der Waals surface area contributed by atoms with Crippen molar-refractivity contribution in [1.82, 2.24) is 4.90 Å². The second-order valence-electron chi connectivity index (χ2n) is 14.0. The molecule has 260 valence electrons. The van der Waals surface area contributed by atoms with E-state index in [0.717, 1.165) is 33.2 Å². The van der Waals surface area contributed by atoms with Gasteiger partial charge in [0, 0.05) is 51.3 Å². The predicted molar refractivity (Wildman–Crippen MR) is 198 cm³/mol. The highest BCUT2D eigenvalue weighted by Crippen LogP contribution is 2.25. The highest BCUT2D eigenvalue weighted by Gasteiger charge is 2.29. The van der Waals surface area contributed by atoms with Crippen molar-refractivity contribution in [3.05, 3.63) is 114 Å². The van der Waals surface area contributed by atoms with E-state index in [1.807, 2.05) is 112 Å². The summed E-state index contributed by atoms with van der Waals surface area (Å²) in [6, 6.07) is 32.2. The molecule has 0 saturated carbocycles. The Morgan fingerprint density at radius 3 is 2.14 bits per heavy atom. The van der Waals surface area contributed by atoms with Crippen LogP contribution >= 0.6 is 0 Å². The lowest BCUT2D eigenvalue weighted by Crippen LogP contribution is -2.42. The Hall–Kier alpha value is -4.29. The van der Waals surface area contributed by atoms with Crippen molar-refractivity contribution in [3.63, 3.8) is 0 Å². The lowest BCUT2D eigenvalue weighted by Gasteiger charge is -2.30. The summed E-state index contributed by atoms with van der Waals surface area (Å²) < 4.78 is 11.9. The number of carbonyl (C=O) groups is 3. The lowest BCUT2D eigenvalue weighted by molar-refractivity contribution is -0.140. The third-order valence-corrected chi connectivity index (χ3v) is 8.58. The van der Waals surface area contributed by atoms with Gasteiger partial charge in [0.15, 0.2) is 0 Å². The van der Waals surface area contributed by atoms with Crippen LogP contribution in [-0.4, -0.2) is 47.2 Å². The Morgan fingerprint density at radius 1 is 0.755 bits per heavy atom. The van der Waals surface area contributed by atoms with Gasteiger partial charge in [-0.3, -0.25) is 14.4 Å². The second-order valence-corrected chi connectivity index (χ2v) is 14.0. The number of rotatable bonds is 19. The summed E-state index contributed by atoms with van der Waals surface area (Å²) in [7, 11) is 0. The quantitative estimate of drug-likeness (QED) is 0.100. The average Bonchev–Trinajstić information content (AvgIpc) is 3.07. The van der Waals surface area contributed by atoms with E-state index in [9.17, 15) is 14.4 Å². The van der Waals surface area contributed by atoms with Crippen LogP contribution in [0.1, 0.15) is 83.4 Å². The number of aryl methyl sites for hydroxylation is 1. The van der Waals surface area contributed by atoms with Gasteiger partial charge in [-0.2, -0.15) is 0 Å². The average molecular weight is 664 g/mol. The normalized spacial score (nSPS) is 12.8. The van der Waals surface area contributed by atoms with Crippen molar-refractivity contribution < 1.29 is 23.9 Å². The molecule has 6 heteroatoms. The van der Waals surface area contributed by atoms with Crippen molar-refractivity contribution in [3.8, 4) is 5.75 Å². The fraction of sp³-hybridized carbons (Fsp3) is 0.419. The van der Waals surface area contributed by atoms with Crippen LogP contribution in [0.2, 0.25) is 0 Å². The van der Waals surface area contributed by atoms with Gasteiger partial charge in [-0.15, -0.1) is 0 Å². The van der Waals surface area contributed by atoms with Crippen molar-refractivity contribution in [2.24, 2.45) is 5.92 Å². The number of fused-ring (bicyclic) bond motifs is 1. The molecule has 0 aliphatic rings. The summed E-state index contributed by atoms with van der Waals surface area (Å²) >= 11 is 0. The molecule has 0 fully saturated rings. The van der Waals surface area contributed by atoms with E-state index in [-0.39, 0.29) is 42.0 Å². The molecule has 4 rings (SSSR count). The van der Waals surface area contributed by atoms with Crippen LogP contribution in [0.25, 0.3) is 10.8 Å². The van der Waals surface area contributed by atoms with Crippen molar-refractivity contribution >= 4 is 28.2 Å². The van der Waals surface area contributed by atoms with Gasteiger partial charge in [0.1, 0.15) is 22.9 Å². The van der Waals surface area contributed by atoms with Gasteiger partial charge >= 0.3 is 0 Å². The first kappa shape index (κ1) is 37.5. The molecule has 0 spiro atoms. The van der Waals surface area contributed by atoms with E-state index >= 15 is 0 Å². The lowest BCUT2D eigenvalue weighted by atomic mass is 9.90. The van der Waals surface area contributed by atoms with Crippen LogP contribution in [0.15, 0.2) is 97.1 Å². The molecule has 0 saturated heterocycles. The Labute approximate surface area is 292 Å². The van der Waals surface area contributed by atoms with Gasteiger partial charge in [0.2, 0.25) is 5.91 Å². The molecule has 4 aromatic rings. The highest BCUT2D eigenvalue weighted by molar-refractivity contribution is 5.89. The third-order valence-electron chi connectivity index (χ3n) is 8.58. The first-order valence-corrected chi connectivity index (χ1v) is 17.7. The Kier molecular flexibility index (Phi) is 14.1. The van der Waals surface area contributed by atoms with E-state index in [1.54, 1.807) is 0 Å². The molecular weight excluding hydrogens is 610 g/mol. The number of ketones is 2. The fourth-order valence-corrected chi connectivity index (χ4v) is 6.27. The molecule has 0 aromatic heterocycles. The summed E-state index contributed by atoms with van der Waals surface area (Å²) in [5.41, 5.74) is 2.83. The van der Waals surface area contributed by atoms with Crippen molar-refractivity contribution in [1.29, 1.82) is 0 Å². The molecule has 49 heavy (non-hydrogen) atoms. The highest BCUT2D eigenvalue weighted by atomic mass is 16.5. The molecule has 4 aromatic carbocycles. The van der Waals surface area contributed by atoms with Gasteiger partial charge in [-0.1, -0.05) is 84.9 Å². The standard InChI is InChI=1S/C43H53NO5/c1-6-48-32(2)30-44(31-36-18-12-17-35-16-10-11-21-41(35)36)42(47)37(28-34-23-26-40(27-24-34)49-43(3,4)5)29-39(46)20-13-19-38(45)25-22-33-14-8-7-9-15-33/h7-12,14-18,21,23-24,26-27,32,37H,6,13,19-20,22,25,28-31H2,1-5H3/t32?,37-/m1/s1. The molecule has 1 unspecified atom stereocenters. The van der Waals surface area contributed by atoms with E-state index in [0.29, 0.717) is 51.8 Å². The van der Waals surface area contributed by atoms with Crippen LogP contribution in [0.4, 0.5) is 0 Å². The summed E-state index contributed by atoms with van der Waals surface area (Å²) in [5, 5.41) is 2.22. The Balaban J connectivity index is 1.50. The maximum absolute atomic E-state index is 14.6. The minimum absolute atomic E-state index is 0.00450. The molecule has 0 radical (unpaired) electrons. The maximum atomic E-state index is 14.6. The summed E-state index contributed by atoms with van der Waals surface area (Å²) in [6.07, 6.45) is 2.68. The first-order valence-electron chi connectivity index (χ1n) is 17.7. The van der Waals surface area contributed by atoms with E-state index in [2.05, 4.69) is 24.3 Å². The molecule has 2 atom stereocenters. The van der Waals surface area contributed by atoms with Gasteiger partial charge in [0.05, 0.1) is 6.10 Å². The third kappa shape index (κ3) is 12.6. The monoisotopic (exact) mass is 663 g/mol. The molecule has 0 heterocycles. The summed E-state index contributed by atoms with van der Waals surface area (Å²) in [4.78, 5) is 42.5. The minimum Gasteiger partial charge on any atom is -0.488 e.